The van der Waals surface area contributed by atoms with Crippen LogP contribution in [-0.2, 0) is 4.79 Å². The maximum atomic E-state index is 12.7. The number of likely N-dealkylation sites (tertiary alicyclic amines) is 2. The Morgan fingerprint density at radius 2 is 2.05 bits per heavy atom. The van der Waals surface area contributed by atoms with E-state index >= 15 is 0 Å². The lowest BCUT2D eigenvalue weighted by atomic mass is 9.91. The molecule has 0 radical (unpaired) electrons. The Morgan fingerprint density at radius 3 is 2.74 bits per heavy atom. The van der Waals surface area contributed by atoms with Crippen LogP contribution in [0.4, 0.5) is 0 Å². The van der Waals surface area contributed by atoms with Gasteiger partial charge in [0.15, 0.2) is 0 Å². The zero-order valence-corrected chi connectivity index (χ0v) is 12.5. The molecule has 0 saturated carbocycles. The first kappa shape index (κ1) is 14.8. The summed E-state index contributed by atoms with van der Waals surface area (Å²) in [6.45, 7) is 8.20. The third-order valence-electron chi connectivity index (χ3n) is 4.67. The fraction of sp³-hybridized carbons (Fsp3) is 0.933. The third-order valence-corrected chi connectivity index (χ3v) is 4.67. The summed E-state index contributed by atoms with van der Waals surface area (Å²) in [6.07, 6.45) is 5.62. The molecule has 110 valence electrons. The van der Waals surface area contributed by atoms with Gasteiger partial charge < -0.3 is 10.6 Å². The van der Waals surface area contributed by atoms with Gasteiger partial charge in [-0.25, -0.2) is 0 Å². The topological polar surface area (TPSA) is 49.6 Å². The van der Waals surface area contributed by atoms with E-state index < -0.39 is 0 Å². The normalized spacial score (nSPS) is 30.6. The van der Waals surface area contributed by atoms with Crippen LogP contribution in [-0.4, -0.2) is 54.0 Å². The maximum absolute atomic E-state index is 12.7. The predicted molar refractivity (Wildman–Crippen MR) is 77.8 cm³/mol. The average Bonchev–Trinajstić information content (AvgIpc) is 2.86. The van der Waals surface area contributed by atoms with Gasteiger partial charge in [0.05, 0.1) is 6.04 Å². The molecule has 0 bridgehead atoms. The Labute approximate surface area is 117 Å². The molecule has 0 aromatic carbocycles. The molecule has 0 aromatic rings. The fourth-order valence-corrected chi connectivity index (χ4v) is 3.51. The van der Waals surface area contributed by atoms with Crippen molar-refractivity contribution in [3.05, 3.63) is 0 Å². The van der Waals surface area contributed by atoms with Crippen molar-refractivity contribution < 1.29 is 4.79 Å². The van der Waals surface area contributed by atoms with Gasteiger partial charge in [-0.05, 0) is 58.0 Å². The Balaban J connectivity index is 1.94. The van der Waals surface area contributed by atoms with Crippen LogP contribution in [0.25, 0.3) is 0 Å². The van der Waals surface area contributed by atoms with Crippen LogP contribution < -0.4 is 5.73 Å². The largest absolute Gasteiger partial charge is 0.341 e. The van der Waals surface area contributed by atoms with Gasteiger partial charge in [-0.2, -0.15) is 0 Å². The van der Waals surface area contributed by atoms with Gasteiger partial charge in [0, 0.05) is 19.1 Å². The van der Waals surface area contributed by atoms with E-state index in [4.69, 9.17) is 5.73 Å². The first-order valence-corrected chi connectivity index (χ1v) is 7.92. The molecule has 0 aromatic heterocycles. The zero-order chi connectivity index (χ0) is 13.8. The minimum atomic E-state index is 0.145. The molecular formula is C15H29N3O. The quantitative estimate of drug-likeness (QED) is 0.838. The summed E-state index contributed by atoms with van der Waals surface area (Å²) in [7, 11) is 0. The van der Waals surface area contributed by atoms with Crippen molar-refractivity contribution in [3.63, 3.8) is 0 Å². The Morgan fingerprint density at radius 1 is 1.32 bits per heavy atom. The smallest absolute Gasteiger partial charge is 0.239 e. The second kappa shape index (κ2) is 6.71. The summed E-state index contributed by atoms with van der Waals surface area (Å²) < 4.78 is 0. The second-order valence-electron chi connectivity index (χ2n) is 6.24. The number of hydrogen-bond donors (Lipinski definition) is 1. The van der Waals surface area contributed by atoms with Crippen LogP contribution in [0.3, 0.4) is 0 Å². The number of carbonyl (C=O) groups excluding carboxylic acids is 1. The molecular weight excluding hydrogens is 238 g/mol. The Kier molecular flexibility index (Phi) is 5.22. The molecule has 4 heteroatoms. The molecule has 2 rings (SSSR count). The maximum Gasteiger partial charge on any atom is 0.239 e. The number of amides is 1. The molecule has 0 unspecified atom stereocenters. The highest BCUT2D eigenvalue weighted by molar-refractivity contribution is 5.82. The van der Waals surface area contributed by atoms with Gasteiger partial charge in [0.25, 0.3) is 0 Å². The Hall–Kier alpha value is -0.610. The minimum absolute atomic E-state index is 0.145. The number of piperidine rings is 1. The molecule has 0 spiro atoms. The summed E-state index contributed by atoms with van der Waals surface area (Å²) in [5.74, 6) is 0.843. The fourth-order valence-electron chi connectivity index (χ4n) is 3.51. The van der Waals surface area contributed by atoms with E-state index in [2.05, 4.69) is 23.6 Å². The van der Waals surface area contributed by atoms with Crippen molar-refractivity contribution >= 4 is 5.91 Å². The summed E-state index contributed by atoms with van der Waals surface area (Å²) >= 11 is 0. The van der Waals surface area contributed by atoms with Crippen molar-refractivity contribution in [2.75, 3.05) is 26.2 Å². The second-order valence-corrected chi connectivity index (χ2v) is 6.24. The highest BCUT2D eigenvalue weighted by Crippen LogP contribution is 2.24. The number of nitrogens with two attached hydrogens (primary N) is 1. The molecule has 2 aliphatic rings. The van der Waals surface area contributed by atoms with Gasteiger partial charge in [-0.3, -0.25) is 9.69 Å². The lowest BCUT2D eigenvalue weighted by Crippen LogP contribution is -2.51. The van der Waals surface area contributed by atoms with Crippen molar-refractivity contribution in [1.82, 2.24) is 9.80 Å². The summed E-state index contributed by atoms with van der Waals surface area (Å²) in [4.78, 5) is 17.1. The number of rotatable bonds is 4. The molecule has 3 atom stereocenters. The van der Waals surface area contributed by atoms with Gasteiger partial charge in [-0.15, -0.1) is 0 Å². The molecule has 2 saturated heterocycles. The summed E-state index contributed by atoms with van der Waals surface area (Å²) in [5.41, 5.74) is 6.01. The zero-order valence-electron chi connectivity index (χ0n) is 12.5. The molecule has 19 heavy (non-hydrogen) atoms. The van der Waals surface area contributed by atoms with Crippen LogP contribution in [0.1, 0.15) is 46.0 Å². The lowest BCUT2D eigenvalue weighted by Gasteiger charge is -2.37. The number of hydrogen-bond acceptors (Lipinski definition) is 3. The number of carbonyl (C=O) groups is 1. The highest BCUT2D eigenvalue weighted by Gasteiger charge is 2.35. The molecule has 0 aliphatic carbocycles. The Bertz CT molecular complexity index is 306. The van der Waals surface area contributed by atoms with E-state index in [0.29, 0.717) is 11.8 Å². The minimum Gasteiger partial charge on any atom is -0.341 e. The first-order chi connectivity index (χ1) is 9.13. The average molecular weight is 267 g/mol. The third kappa shape index (κ3) is 3.48. The SMILES string of the molecule is CCCN1CCC[C@@H]1C(=O)N1CCC[C@H]([C@@H](C)N)C1. The monoisotopic (exact) mass is 267 g/mol. The van der Waals surface area contributed by atoms with E-state index in [1.807, 2.05) is 0 Å². The van der Waals surface area contributed by atoms with Crippen LogP contribution in [0.15, 0.2) is 0 Å². The van der Waals surface area contributed by atoms with Crippen LogP contribution >= 0.6 is 0 Å². The highest BCUT2D eigenvalue weighted by atomic mass is 16.2. The van der Waals surface area contributed by atoms with Crippen LogP contribution in [0.5, 0.6) is 0 Å². The van der Waals surface area contributed by atoms with Crippen molar-refractivity contribution in [2.45, 2.75) is 58.0 Å². The van der Waals surface area contributed by atoms with Crippen molar-refractivity contribution in [2.24, 2.45) is 11.7 Å². The van der Waals surface area contributed by atoms with Gasteiger partial charge in [0.1, 0.15) is 0 Å². The van der Waals surface area contributed by atoms with E-state index in [0.717, 1.165) is 45.4 Å². The molecule has 2 aliphatic heterocycles. The first-order valence-electron chi connectivity index (χ1n) is 7.92. The molecule has 2 heterocycles. The predicted octanol–water partition coefficient (Wildman–Crippen LogP) is 1.45. The van der Waals surface area contributed by atoms with E-state index in [9.17, 15) is 4.79 Å². The summed E-state index contributed by atoms with van der Waals surface area (Å²) in [6, 6.07) is 0.345. The summed E-state index contributed by atoms with van der Waals surface area (Å²) in [5, 5.41) is 0. The number of nitrogens with zero attached hydrogens (tertiary/aromatic N) is 2. The molecule has 2 N–H and O–H groups in total. The molecule has 1 amide bonds. The van der Waals surface area contributed by atoms with E-state index in [1.165, 1.54) is 12.8 Å². The van der Waals surface area contributed by atoms with Crippen LogP contribution in [0, 0.1) is 5.92 Å². The molecule has 4 nitrogen and oxygen atoms in total. The van der Waals surface area contributed by atoms with Crippen molar-refractivity contribution in [1.29, 1.82) is 0 Å². The van der Waals surface area contributed by atoms with Gasteiger partial charge >= 0.3 is 0 Å². The van der Waals surface area contributed by atoms with Gasteiger partial charge in [0.2, 0.25) is 5.91 Å². The molecule has 2 fully saturated rings. The lowest BCUT2D eigenvalue weighted by molar-refractivity contribution is -0.138. The van der Waals surface area contributed by atoms with Gasteiger partial charge in [-0.1, -0.05) is 6.92 Å². The van der Waals surface area contributed by atoms with E-state index in [-0.39, 0.29) is 12.1 Å². The standard InChI is InChI=1S/C15H29N3O/c1-3-8-17-9-5-7-14(17)15(19)18-10-4-6-13(11-18)12(2)16/h12-14H,3-11,16H2,1-2H3/t12-,13+,14-/m1/s1. The van der Waals surface area contributed by atoms with E-state index in [1.54, 1.807) is 0 Å². The van der Waals surface area contributed by atoms with Crippen molar-refractivity contribution in [3.8, 4) is 0 Å². The van der Waals surface area contributed by atoms with Crippen LogP contribution in [0.2, 0.25) is 0 Å².